The first-order valence-electron chi connectivity index (χ1n) is 8.87. The van der Waals surface area contributed by atoms with E-state index in [0.717, 1.165) is 31.6 Å². The van der Waals surface area contributed by atoms with E-state index in [2.05, 4.69) is 60.2 Å². The number of thioether (sulfide) groups is 1. The number of anilines is 1. The molecule has 4 rings (SSSR count). The fourth-order valence-electron chi connectivity index (χ4n) is 3.60. The molecule has 0 saturated carbocycles. The summed E-state index contributed by atoms with van der Waals surface area (Å²) in [5, 5.41) is 1.24. The maximum absolute atomic E-state index is 12.8. The predicted octanol–water partition coefficient (Wildman–Crippen LogP) is 4.73. The number of aryl methyl sites for hydroxylation is 2. The van der Waals surface area contributed by atoms with E-state index in [9.17, 15) is 4.79 Å². The van der Waals surface area contributed by atoms with Gasteiger partial charge < -0.3 is 9.47 Å². The fourth-order valence-corrected chi connectivity index (χ4v) is 4.56. The fraction of sp³-hybridized carbons (Fsp3) is 0.286. The molecular weight excluding hydrogens is 328 g/mol. The number of nitrogens with zero attached hydrogens (tertiary/aromatic N) is 2. The number of aromatic nitrogens is 1. The van der Waals surface area contributed by atoms with Crippen molar-refractivity contribution in [3.05, 3.63) is 60.3 Å². The Hall–Kier alpha value is -2.20. The Morgan fingerprint density at radius 3 is 2.80 bits per heavy atom. The minimum atomic E-state index is 0.200. The lowest BCUT2D eigenvalue weighted by Crippen LogP contribution is -2.36. The normalized spacial score (nSPS) is 13.9. The Kier molecular flexibility index (Phi) is 4.53. The molecule has 0 saturated heterocycles. The first-order chi connectivity index (χ1) is 12.3. The molecule has 0 bridgehead atoms. The van der Waals surface area contributed by atoms with Crippen molar-refractivity contribution in [1.29, 1.82) is 0 Å². The zero-order valence-electron chi connectivity index (χ0n) is 14.4. The van der Waals surface area contributed by atoms with Gasteiger partial charge in [-0.1, -0.05) is 36.4 Å². The van der Waals surface area contributed by atoms with E-state index in [-0.39, 0.29) is 5.91 Å². The number of fused-ring (bicyclic) bond motifs is 2. The summed E-state index contributed by atoms with van der Waals surface area (Å²) in [7, 11) is 0. The lowest BCUT2D eigenvalue weighted by molar-refractivity contribution is -0.116. The summed E-state index contributed by atoms with van der Waals surface area (Å²) < 4.78 is 2.25. The molecule has 4 heteroatoms. The summed E-state index contributed by atoms with van der Waals surface area (Å²) in [6.45, 7) is 3.92. The molecule has 0 fully saturated rings. The zero-order chi connectivity index (χ0) is 17.2. The number of carbonyl (C=O) groups is 1. The van der Waals surface area contributed by atoms with Gasteiger partial charge in [-0.25, -0.2) is 0 Å². The standard InChI is InChI=1S/C21H22N2OS/c1-2-22-14-20(17-10-4-6-12-19(17)22)25-15-21(24)23-13-7-9-16-8-3-5-11-18(16)23/h3-6,8,10-12,14H,2,7,9,13,15H2,1H3. The average Bonchev–Trinajstić information content (AvgIpc) is 3.03. The predicted molar refractivity (Wildman–Crippen MR) is 105 cm³/mol. The van der Waals surface area contributed by atoms with Gasteiger partial charge in [-0.05, 0) is 37.5 Å². The van der Waals surface area contributed by atoms with Crippen LogP contribution in [0.25, 0.3) is 10.9 Å². The molecule has 3 nitrogen and oxygen atoms in total. The van der Waals surface area contributed by atoms with Gasteiger partial charge in [0.1, 0.15) is 0 Å². The highest BCUT2D eigenvalue weighted by Gasteiger charge is 2.22. The van der Waals surface area contributed by atoms with E-state index in [1.54, 1.807) is 11.8 Å². The number of benzene rings is 2. The van der Waals surface area contributed by atoms with E-state index in [1.165, 1.54) is 21.4 Å². The smallest absolute Gasteiger partial charge is 0.237 e. The minimum absolute atomic E-state index is 0.200. The molecule has 3 aromatic rings. The van der Waals surface area contributed by atoms with Crippen LogP contribution in [0.3, 0.4) is 0 Å². The second-order valence-corrected chi connectivity index (χ2v) is 7.38. The Labute approximate surface area is 152 Å². The number of para-hydroxylation sites is 2. The summed E-state index contributed by atoms with van der Waals surface area (Å²) in [5.74, 6) is 0.678. The highest BCUT2D eigenvalue weighted by atomic mass is 32.2. The molecule has 25 heavy (non-hydrogen) atoms. The highest BCUT2D eigenvalue weighted by molar-refractivity contribution is 8.00. The Morgan fingerprint density at radius 1 is 1.12 bits per heavy atom. The molecular formula is C21H22N2OS. The molecule has 1 amide bonds. The van der Waals surface area contributed by atoms with Crippen LogP contribution in [0.2, 0.25) is 0 Å². The molecule has 2 heterocycles. The quantitative estimate of drug-likeness (QED) is 0.636. The van der Waals surface area contributed by atoms with Crippen molar-refractivity contribution in [2.24, 2.45) is 0 Å². The monoisotopic (exact) mass is 350 g/mol. The summed E-state index contributed by atoms with van der Waals surface area (Å²) in [6, 6.07) is 16.7. The molecule has 0 spiro atoms. The molecule has 0 N–H and O–H groups in total. The summed E-state index contributed by atoms with van der Waals surface area (Å²) in [5.41, 5.74) is 3.62. The zero-order valence-corrected chi connectivity index (χ0v) is 15.3. The second-order valence-electron chi connectivity index (χ2n) is 6.36. The van der Waals surface area contributed by atoms with Crippen LogP contribution < -0.4 is 4.90 Å². The van der Waals surface area contributed by atoms with Crippen molar-refractivity contribution in [2.45, 2.75) is 31.2 Å². The number of carbonyl (C=O) groups excluding carboxylic acids is 1. The number of amides is 1. The maximum atomic E-state index is 12.8. The van der Waals surface area contributed by atoms with Crippen molar-refractivity contribution in [1.82, 2.24) is 4.57 Å². The van der Waals surface area contributed by atoms with Gasteiger partial charge in [-0.2, -0.15) is 0 Å². The molecule has 128 valence electrons. The minimum Gasteiger partial charge on any atom is -0.347 e. The van der Waals surface area contributed by atoms with Crippen LogP contribution in [0.5, 0.6) is 0 Å². The van der Waals surface area contributed by atoms with Gasteiger partial charge in [0.25, 0.3) is 0 Å². The SMILES string of the molecule is CCn1cc(SCC(=O)N2CCCc3ccccc32)c2ccccc21. The van der Waals surface area contributed by atoms with Gasteiger partial charge in [0.2, 0.25) is 5.91 Å². The van der Waals surface area contributed by atoms with Crippen LogP contribution in [0.15, 0.2) is 59.6 Å². The van der Waals surface area contributed by atoms with Crippen LogP contribution in [0.4, 0.5) is 5.69 Å². The molecule has 0 atom stereocenters. The van der Waals surface area contributed by atoms with Crippen LogP contribution in [-0.4, -0.2) is 22.8 Å². The second kappa shape index (κ2) is 6.96. The van der Waals surface area contributed by atoms with E-state index in [1.807, 2.05) is 11.0 Å². The van der Waals surface area contributed by atoms with Gasteiger partial charge in [0, 0.05) is 40.8 Å². The number of hydrogen-bond donors (Lipinski definition) is 0. The third kappa shape index (κ3) is 3.07. The van der Waals surface area contributed by atoms with Gasteiger partial charge >= 0.3 is 0 Å². The lowest BCUT2D eigenvalue weighted by atomic mass is 10.0. The van der Waals surface area contributed by atoms with E-state index >= 15 is 0 Å². The first-order valence-corrected chi connectivity index (χ1v) is 9.85. The molecule has 1 aromatic heterocycles. The topological polar surface area (TPSA) is 25.2 Å². The van der Waals surface area contributed by atoms with Gasteiger partial charge in [0.05, 0.1) is 5.75 Å². The first kappa shape index (κ1) is 16.3. The lowest BCUT2D eigenvalue weighted by Gasteiger charge is -2.29. The van der Waals surface area contributed by atoms with Crippen molar-refractivity contribution in [3.8, 4) is 0 Å². The summed E-state index contributed by atoms with van der Waals surface area (Å²) >= 11 is 1.65. The van der Waals surface area contributed by atoms with Gasteiger partial charge in [-0.3, -0.25) is 4.79 Å². The van der Waals surface area contributed by atoms with E-state index in [0.29, 0.717) is 5.75 Å². The van der Waals surface area contributed by atoms with Crippen LogP contribution in [-0.2, 0) is 17.8 Å². The van der Waals surface area contributed by atoms with E-state index in [4.69, 9.17) is 0 Å². The summed E-state index contributed by atoms with van der Waals surface area (Å²) in [6.07, 6.45) is 4.28. The highest BCUT2D eigenvalue weighted by Crippen LogP contribution is 2.32. The molecule has 1 aliphatic heterocycles. The maximum Gasteiger partial charge on any atom is 0.237 e. The number of hydrogen-bond acceptors (Lipinski definition) is 2. The van der Waals surface area contributed by atoms with Crippen LogP contribution in [0.1, 0.15) is 18.9 Å². The van der Waals surface area contributed by atoms with Crippen LogP contribution >= 0.6 is 11.8 Å². The average molecular weight is 350 g/mol. The molecule has 0 unspecified atom stereocenters. The van der Waals surface area contributed by atoms with Crippen molar-refractivity contribution in [2.75, 3.05) is 17.2 Å². The van der Waals surface area contributed by atoms with Gasteiger partial charge in [-0.15, -0.1) is 11.8 Å². The largest absolute Gasteiger partial charge is 0.347 e. The Bertz CT molecular complexity index is 915. The Morgan fingerprint density at radius 2 is 1.92 bits per heavy atom. The molecule has 0 radical (unpaired) electrons. The van der Waals surface area contributed by atoms with Crippen molar-refractivity contribution >= 4 is 34.3 Å². The summed E-state index contributed by atoms with van der Waals surface area (Å²) in [4.78, 5) is 16.0. The van der Waals surface area contributed by atoms with Gasteiger partial charge in [0.15, 0.2) is 0 Å². The number of rotatable bonds is 4. The molecule has 2 aromatic carbocycles. The third-order valence-corrected chi connectivity index (χ3v) is 5.88. The van der Waals surface area contributed by atoms with E-state index < -0.39 is 0 Å². The third-order valence-electron chi connectivity index (χ3n) is 4.86. The molecule has 0 aliphatic carbocycles. The van der Waals surface area contributed by atoms with Crippen molar-refractivity contribution in [3.63, 3.8) is 0 Å². The van der Waals surface area contributed by atoms with Crippen molar-refractivity contribution < 1.29 is 4.79 Å². The molecule has 1 aliphatic rings. The van der Waals surface area contributed by atoms with Crippen LogP contribution in [0, 0.1) is 0 Å². The Balaban J connectivity index is 1.54.